The molecule has 0 amide bonds. The highest BCUT2D eigenvalue weighted by Crippen LogP contribution is 1.97. The number of carbonyl (C=O) groups is 3. The van der Waals surface area contributed by atoms with Gasteiger partial charge in [-0.2, -0.15) is 0 Å². The highest BCUT2D eigenvalue weighted by molar-refractivity contribution is 5.72. The van der Waals surface area contributed by atoms with Gasteiger partial charge in [0.25, 0.3) is 0 Å². The molecule has 0 saturated heterocycles. The van der Waals surface area contributed by atoms with Gasteiger partial charge in [0.1, 0.15) is 0 Å². The van der Waals surface area contributed by atoms with Crippen LogP contribution in [0.3, 0.4) is 0 Å². The van der Waals surface area contributed by atoms with E-state index in [1.807, 2.05) is 0 Å². The van der Waals surface area contributed by atoms with Crippen LogP contribution in [0.5, 0.6) is 0 Å². The van der Waals surface area contributed by atoms with Crippen molar-refractivity contribution in [2.75, 3.05) is 19.6 Å². The Morgan fingerprint density at radius 2 is 1.33 bits per heavy atom. The van der Waals surface area contributed by atoms with Crippen LogP contribution in [-0.4, -0.2) is 52.9 Å². The lowest BCUT2D eigenvalue weighted by atomic mass is 10.2. The first-order valence-electron chi connectivity index (χ1n) is 5.46. The molecule has 8 heteroatoms. The fourth-order valence-electron chi connectivity index (χ4n) is 0.874. The van der Waals surface area contributed by atoms with Gasteiger partial charge in [-0.15, -0.1) is 0 Å². The van der Waals surface area contributed by atoms with Crippen molar-refractivity contribution in [3.05, 3.63) is 0 Å². The SMILES string of the molecule is NCCCCCC(=O)O.O=C(O)CNCC(=O)O. The first-order chi connectivity index (χ1) is 8.40. The quantitative estimate of drug-likeness (QED) is 0.344. The second-order valence-corrected chi connectivity index (χ2v) is 3.38. The molecule has 6 N–H and O–H groups in total. The van der Waals surface area contributed by atoms with Crippen LogP contribution in [0.1, 0.15) is 25.7 Å². The van der Waals surface area contributed by atoms with Gasteiger partial charge in [-0.1, -0.05) is 6.42 Å². The first-order valence-corrected chi connectivity index (χ1v) is 5.46. The number of carboxylic acid groups (broad SMARTS) is 3. The normalized spacial score (nSPS) is 9.17. The molecule has 0 aromatic heterocycles. The van der Waals surface area contributed by atoms with Crippen LogP contribution in [0.2, 0.25) is 0 Å². The Bertz CT molecular complexity index is 243. The van der Waals surface area contributed by atoms with E-state index in [0.717, 1.165) is 19.3 Å². The lowest BCUT2D eigenvalue weighted by molar-refractivity contribution is -0.138. The maximum atomic E-state index is 9.93. The number of hydrogen-bond donors (Lipinski definition) is 5. The second-order valence-electron chi connectivity index (χ2n) is 3.38. The number of rotatable bonds is 9. The highest BCUT2D eigenvalue weighted by Gasteiger charge is 1.97. The molecule has 0 radical (unpaired) electrons. The summed E-state index contributed by atoms with van der Waals surface area (Å²) in [5, 5.41) is 26.3. The Morgan fingerprint density at radius 3 is 1.67 bits per heavy atom. The number of nitrogens with one attached hydrogen (secondary N) is 1. The predicted molar refractivity (Wildman–Crippen MR) is 63.3 cm³/mol. The fourth-order valence-corrected chi connectivity index (χ4v) is 0.874. The van der Waals surface area contributed by atoms with Gasteiger partial charge in [-0.3, -0.25) is 19.7 Å². The van der Waals surface area contributed by atoms with Crippen LogP contribution in [0.4, 0.5) is 0 Å². The maximum absolute atomic E-state index is 9.93. The average Bonchev–Trinajstić information content (AvgIpc) is 2.24. The molecule has 0 aromatic carbocycles. The van der Waals surface area contributed by atoms with Gasteiger partial charge in [-0.25, -0.2) is 0 Å². The lowest BCUT2D eigenvalue weighted by Gasteiger charge is -1.93. The predicted octanol–water partition coefficient (Wildman–Crippen LogP) is -0.665. The van der Waals surface area contributed by atoms with Crippen LogP contribution in [0.15, 0.2) is 0 Å². The molecular formula is C10H20N2O6. The van der Waals surface area contributed by atoms with E-state index < -0.39 is 17.9 Å². The van der Waals surface area contributed by atoms with E-state index in [1.165, 1.54) is 0 Å². The molecule has 0 aromatic rings. The summed E-state index contributed by atoms with van der Waals surface area (Å²) in [7, 11) is 0. The molecule has 0 aliphatic heterocycles. The van der Waals surface area contributed by atoms with Crippen molar-refractivity contribution in [1.82, 2.24) is 5.32 Å². The van der Waals surface area contributed by atoms with Gasteiger partial charge in [0.2, 0.25) is 0 Å². The van der Waals surface area contributed by atoms with Crippen molar-refractivity contribution in [2.24, 2.45) is 5.73 Å². The number of hydrogen-bond acceptors (Lipinski definition) is 5. The molecule has 0 aliphatic carbocycles. The lowest BCUT2D eigenvalue weighted by Crippen LogP contribution is -2.27. The van der Waals surface area contributed by atoms with Gasteiger partial charge in [0.05, 0.1) is 13.1 Å². The van der Waals surface area contributed by atoms with Gasteiger partial charge >= 0.3 is 17.9 Å². The number of carboxylic acids is 3. The summed E-state index contributed by atoms with van der Waals surface area (Å²) in [6.45, 7) is 0.0399. The van der Waals surface area contributed by atoms with Gasteiger partial charge in [-0.05, 0) is 19.4 Å². The molecule has 0 spiro atoms. The minimum absolute atomic E-state index is 0.278. The van der Waals surface area contributed by atoms with Crippen LogP contribution in [0, 0.1) is 0 Å². The number of nitrogens with two attached hydrogens (primary N) is 1. The van der Waals surface area contributed by atoms with Crippen molar-refractivity contribution >= 4 is 17.9 Å². The number of unbranched alkanes of at least 4 members (excludes halogenated alkanes) is 2. The largest absolute Gasteiger partial charge is 0.481 e. The molecule has 0 atom stereocenters. The van der Waals surface area contributed by atoms with E-state index in [2.05, 4.69) is 5.32 Å². The van der Waals surface area contributed by atoms with Crippen molar-refractivity contribution < 1.29 is 29.7 Å². The molecular weight excluding hydrogens is 244 g/mol. The van der Waals surface area contributed by atoms with Crippen molar-refractivity contribution in [3.8, 4) is 0 Å². The molecule has 18 heavy (non-hydrogen) atoms. The zero-order valence-corrected chi connectivity index (χ0v) is 10.1. The first kappa shape index (κ1) is 18.7. The summed E-state index contributed by atoms with van der Waals surface area (Å²) in [5.74, 6) is -2.83. The Labute approximate surface area is 105 Å². The topological polar surface area (TPSA) is 150 Å². The summed E-state index contributed by atoms with van der Waals surface area (Å²) in [4.78, 5) is 29.4. The van der Waals surface area contributed by atoms with Crippen molar-refractivity contribution in [1.29, 1.82) is 0 Å². The third-order valence-electron chi connectivity index (χ3n) is 1.65. The fraction of sp³-hybridized carbons (Fsp3) is 0.700. The summed E-state index contributed by atoms with van der Waals surface area (Å²) < 4.78 is 0. The summed E-state index contributed by atoms with van der Waals surface area (Å²) >= 11 is 0. The van der Waals surface area contributed by atoms with Gasteiger partial charge < -0.3 is 21.1 Å². The van der Waals surface area contributed by atoms with Gasteiger partial charge in [0.15, 0.2) is 0 Å². The number of aliphatic carboxylic acids is 3. The van der Waals surface area contributed by atoms with E-state index in [1.54, 1.807) is 0 Å². The van der Waals surface area contributed by atoms with Crippen LogP contribution >= 0.6 is 0 Å². The van der Waals surface area contributed by atoms with E-state index in [4.69, 9.17) is 21.1 Å². The molecule has 0 heterocycles. The molecule has 0 bridgehead atoms. The third kappa shape index (κ3) is 23.9. The van der Waals surface area contributed by atoms with Crippen molar-refractivity contribution in [2.45, 2.75) is 25.7 Å². The maximum Gasteiger partial charge on any atom is 0.317 e. The van der Waals surface area contributed by atoms with E-state index in [-0.39, 0.29) is 19.5 Å². The molecule has 0 fully saturated rings. The Balaban J connectivity index is 0. The second kappa shape index (κ2) is 13.4. The minimum atomic E-state index is -1.06. The smallest absolute Gasteiger partial charge is 0.317 e. The molecule has 0 unspecified atom stereocenters. The van der Waals surface area contributed by atoms with E-state index >= 15 is 0 Å². The highest BCUT2D eigenvalue weighted by atomic mass is 16.4. The Hall–Kier alpha value is -1.67. The molecule has 0 saturated carbocycles. The molecule has 0 rings (SSSR count). The monoisotopic (exact) mass is 264 g/mol. The Kier molecular flexibility index (Phi) is 13.9. The standard InChI is InChI=1S/C6H13NO2.C4H7NO4/c7-5-3-1-2-4-6(8)9;6-3(7)1-5-2-4(8)9/h1-5,7H2,(H,8,9);5H,1-2H2,(H,6,7)(H,8,9). The zero-order valence-electron chi connectivity index (χ0n) is 10.1. The Morgan fingerprint density at radius 1 is 0.833 bits per heavy atom. The minimum Gasteiger partial charge on any atom is -0.481 e. The van der Waals surface area contributed by atoms with E-state index in [9.17, 15) is 14.4 Å². The molecule has 106 valence electrons. The molecule has 8 nitrogen and oxygen atoms in total. The van der Waals surface area contributed by atoms with Crippen LogP contribution in [-0.2, 0) is 14.4 Å². The zero-order chi connectivity index (χ0) is 14.4. The average molecular weight is 264 g/mol. The summed E-state index contributed by atoms with van der Waals surface area (Å²) in [6.07, 6.45) is 2.91. The molecule has 0 aliphatic rings. The summed E-state index contributed by atoms with van der Waals surface area (Å²) in [5.41, 5.74) is 5.20. The van der Waals surface area contributed by atoms with E-state index in [0.29, 0.717) is 6.54 Å². The van der Waals surface area contributed by atoms with Gasteiger partial charge in [0, 0.05) is 6.42 Å². The third-order valence-corrected chi connectivity index (χ3v) is 1.65. The van der Waals surface area contributed by atoms with Crippen molar-refractivity contribution in [3.63, 3.8) is 0 Å². The van der Waals surface area contributed by atoms with Crippen LogP contribution < -0.4 is 11.1 Å². The van der Waals surface area contributed by atoms with Crippen LogP contribution in [0.25, 0.3) is 0 Å². The summed E-state index contributed by atoms with van der Waals surface area (Å²) in [6, 6.07) is 0.